The Labute approximate surface area is 245 Å². The number of nitrogens with zero attached hydrogens (tertiary/aromatic N) is 4. The van der Waals surface area contributed by atoms with Gasteiger partial charge in [0.2, 0.25) is 0 Å². The zero-order chi connectivity index (χ0) is 29.9. The lowest BCUT2D eigenvalue weighted by Gasteiger charge is -2.13. The van der Waals surface area contributed by atoms with E-state index in [2.05, 4.69) is 15.7 Å². The third-order valence-corrected chi connectivity index (χ3v) is 9.83. The lowest BCUT2D eigenvalue weighted by atomic mass is 9.95. The summed E-state index contributed by atoms with van der Waals surface area (Å²) in [5, 5.41) is 9.28. The van der Waals surface area contributed by atoms with Gasteiger partial charge in [0.15, 0.2) is 5.69 Å². The molecule has 0 saturated heterocycles. The van der Waals surface area contributed by atoms with Crippen LogP contribution < -0.4 is 16.2 Å². The number of aryl methyl sites for hydroxylation is 2. The molecule has 4 heterocycles. The summed E-state index contributed by atoms with van der Waals surface area (Å²) in [6.07, 6.45) is -1.49. The van der Waals surface area contributed by atoms with Gasteiger partial charge >= 0.3 is 6.18 Å². The molecule has 0 fully saturated rings. The molecular weight excluding hydrogens is 589 g/mol. The van der Waals surface area contributed by atoms with Gasteiger partial charge in [-0.25, -0.2) is 4.68 Å². The van der Waals surface area contributed by atoms with E-state index in [1.165, 1.54) is 29.1 Å². The zero-order valence-electron chi connectivity index (χ0n) is 22.8. The largest absolute Gasteiger partial charge is 0.435 e. The number of nitrogens with one attached hydrogen (secondary N) is 2. The number of halogens is 3. The van der Waals surface area contributed by atoms with Crippen molar-refractivity contribution in [3.8, 4) is 5.69 Å². The average Bonchev–Trinajstić information content (AvgIpc) is 3.67. The van der Waals surface area contributed by atoms with Crippen molar-refractivity contribution in [2.75, 3.05) is 10.6 Å². The minimum Gasteiger partial charge on any atom is -0.316 e. The van der Waals surface area contributed by atoms with Crippen molar-refractivity contribution in [1.82, 2.24) is 19.1 Å². The number of para-hydroxylation sites is 1. The van der Waals surface area contributed by atoms with E-state index in [0.717, 1.165) is 45.7 Å². The number of carbonyl (C=O) groups is 2. The fourth-order valence-corrected chi connectivity index (χ4v) is 7.56. The number of hydrogen-bond acceptors (Lipinski definition) is 6. The Morgan fingerprint density at radius 1 is 1.00 bits per heavy atom. The molecule has 0 radical (unpaired) electrons. The molecular formula is C28H25F3N6O3S2. The number of rotatable bonds is 5. The third-order valence-electron chi connectivity index (χ3n) is 7.42. The van der Waals surface area contributed by atoms with E-state index >= 15 is 0 Å². The molecule has 2 N–H and O–H groups in total. The first-order chi connectivity index (χ1) is 20.0. The smallest absolute Gasteiger partial charge is 0.316 e. The second kappa shape index (κ2) is 10.3. The fourth-order valence-electron chi connectivity index (χ4n) is 5.31. The molecule has 0 unspecified atom stereocenters. The summed E-state index contributed by atoms with van der Waals surface area (Å²) >= 11 is 2.17. The van der Waals surface area contributed by atoms with Crippen LogP contribution in [-0.4, -0.2) is 31.0 Å². The van der Waals surface area contributed by atoms with Crippen molar-refractivity contribution in [2.45, 2.75) is 38.8 Å². The summed E-state index contributed by atoms with van der Waals surface area (Å²) in [5.41, 5.74) is 0.945. The zero-order valence-corrected chi connectivity index (χ0v) is 24.4. The van der Waals surface area contributed by atoms with Gasteiger partial charge in [0.05, 0.1) is 21.8 Å². The molecule has 1 aromatic carbocycles. The van der Waals surface area contributed by atoms with Crippen LogP contribution in [0, 0.1) is 6.92 Å². The van der Waals surface area contributed by atoms with Crippen molar-refractivity contribution >= 4 is 55.4 Å². The minimum atomic E-state index is -4.67. The van der Waals surface area contributed by atoms with Crippen LogP contribution in [0.4, 0.5) is 23.9 Å². The van der Waals surface area contributed by atoms with Gasteiger partial charge in [0.25, 0.3) is 17.4 Å². The molecule has 14 heteroatoms. The van der Waals surface area contributed by atoms with Crippen LogP contribution in [0.2, 0.25) is 0 Å². The summed E-state index contributed by atoms with van der Waals surface area (Å²) in [6, 6.07) is 10.2. The molecule has 9 nitrogen and oxygen atoms in total. The van der Waals surface area contributed by atoms with Crippen LogP contribution in [-0.2, 0) is 33.1 Å². The van der Waals surface area contributed by atoms with E-state index in [9.17, 15) is 27.6 Å². The molecule has 0 atom stereocenters. The summed E-state index contributed by atoms with van der Waals surface area (Å²) in [4.78, 5) is 41.8. The topological polar surface area (TPSA) is 103 Å². The van der Waals surface area contributed by atoms with Gasteiger partial charge in [0.1, 0.15) is 15.5 Å². The van der Waals surface area contributed by atoms with E-state index in [4.69, 9.17) is 0 Å². The Balaban J connectivity index is 1.35. The van der Waals surface area contributed by atoms with Crippen LogP contribution >= 0.6 is 22.7 Å². The number of benzene rings is 1. The van der Waals surface area contributed by atoms with Gasteiger partial charge in [-0.3, -0.25) is 23.7 Å². The van der Waals surface area contributed by atoms with Crippen LogP contribution in [0.1, 0.15) is 54.7 Å². The van der Waals surface area contributed by atoms with Crippen LogP contribution in [0.5, 0.6) is 0 Å². The number of thiophene rings is 2. The maximum Gasteiger partial charge on any atom is 0.435 e. The standard InChI is InChI=1S/C28H25F3N6O3S2/c1-14-21(26(40)37(36(14)3)15-9-5-4-6-10-15)32-24(39)20-16-11-7-8-12-18(16)41-25(20)33-23(38)19-13-17-22(28(29,30)31)34-35(2)27(17)42-19/h4-6,9-10,13H,7-8,11-12H2,1-3H3,(H,32,39)(H,33,38). The number of fused-ring (bicyclic) bond motifs is 2. The van der Waals surface area contributed by atoms with Gasteiger partial charge < -0.3 is 10.6 Å². The molecule has 2 amide bonds. The Bertz CT molecular complexity index is 1930. The quantitative estimate of drug-likeness (QED) is 0.258. The predicted molar refractivity (Wildman–Crippen MR) is 156 cm³/mol. The van der Waals surface area contributed by atoms with Crippen LogP contribution in [0.3, 0.4) is 0 Å². The normalized spacial score (nSPS) is 13.4. The van der Waals surface area contributed by atoms with Crippen molar-refractivity contribution < 1.29 is 22.8 Å². The van der Waals surface area contributed by atoms with Gasteiger partial charge in [-0.15, -0.1) is 22.7 Å². The molecule has 0 bridgehead atoms. The lowest BCUT2D eigenvalue weighted by Crippen LogP contribution is -2.24. The maximum absolute atomic E-state index is 13.8. The molecule has 1 aliphatic carbocycles. The van der Waals surface area contributed by atoms with Crippen LogP contribution in [0.25, 0.3) is 15.9 Å². The van der Waals surface area contributed by atoms with Crippen molar-refractivity contribution in [2.24, 2.45) is 14.1 Å². The first-order valence-corrected chi connectivity index (χ1v) is 14.7. The first kappa shape index (κ1) is 28.0. The average molecular weight is 615 g/mol. The highest BCUT2D eigenvalue weighted by Gasteiger charge is 2.38. The Morgan fingerprint density at radius 2 is 1.71 bits per heavy atom. The van der Waals surface area contributed by atoms with Crippen molar-refractivity contribution in [1.29, 1.82) is 0 Å². The lowest BCUT2D eigenvalue weighted by molar-refractivity contribution is -0.140. The van der Waals surface area contributed by atoms with Gasteiger partial charge in [-0.2, -0.15) is 18.3 Å². The van der Waals surface area contributed by atoms with E-state index in [0.29, 0.717) is 22.8 Å². The molecule has 0 saturated carbocycles. The number of aromatic nitrogens is 4. The van der Waals surface area contributed by atoms with E-state index in [1.807, 2.05) is 18.2 Å². The maximum atomic E-state index is 13.8. The van der Waals surface area contributed by atoms with Crippen molar-refractivity contribution in [3.05, 3.63) is 79.0 Å². The Hall–Kier alpha value is -4.17. The third kappa shape index (κ3) is 4.64. The monoisotopic (exact) mass is 614 g/mol. The molecule has 1 aliphatic rings. The van der Waals surface area contributed by atoms with Gasteiger partial charge in [0, 0.05) is 24.4 Å². The summed E-state index contributed by atoms with van der Waals surface area (Å²) in [7, 11) is 3.12. The van der Waals surface area contributed by atoms with Gasteiger partial charge in [-0.05, 0) is 56.4 Å². The first-order valence-electron chi connectivity index (χ1n) is 13.1. The molecule has 6 rings (SSSR count). The molecule has 42 heavy (non-hydrogen) atoms. The Morgan fingerprint density at radius 3 is 2.43 bits per heavy atom. The fraction of sp³-hybridized carbons (Fsp3) is 0.286. The predicted octanol–water partition coefficient (Wildman–Crippen LogP) is 5.90. The van der Waals surface area contributed by atoms with E-state index in [1.54, 1.807) is 30.8 Å². The highest BCUT2D eigenvalue weighted by atomic mass is 32.1. The highest BCUT2D eigenvalue weighted by molar-refractivity contribution is 7.21. The summed E-state index contributed by atoms with van der Waals surface area (Å²) in [5.74, 6) is -1.16. The second-order valence-electron chi connectivity index (χ2n) is 10.1. The Kier molecular flexibility index (Phi) is 6.84. The van der Waals surface area contributed by atoms with Crippen LogP contribution in [0.15, 0.2) is 41.2 Å². The van der Waals surface area contributed by atoms with Crippen molar-refractivity contribution in [3.63, 3.8) is 0 Å². The summed E-state index contributed by atoms with van der Waals surface area (Å²) < 4.78 is 44.7. The number of carbonyl (C=O) groups excluding carboxylic acids is 2. The van der Waals surface area contributed by atoms with E-state index < -0.39 is 29.2 Å². The number of alkyl halides is 3. The minimum absolute atomic E-state index is 0.0610. The molecule has 0 spiro atoms. The SMILES string of the molecule is Cc1c(NC(=O)c2c(NC(=O)c3cc4c(C(F)(F)F)nn(C)c4s3)sc3c2CCCC3)c(=O)n(-c2ccccc2)n1C. The van der Waals surface area contributed by atoms with E-state index in [-0.39, 0.29) is 26.3 Å². The summed E-state index contributed by atoms with van der Waals surface area (Å²) in [6.45, 7) is 1.73. The molecule has 218 valence electrons. The molecule has 0 aliphatic heterocycles. The number of amides is 2. The molecule has 5 aromatic rings. The number of hydrogen-bond donors (Lipinski definition) is 2. The number of anilines is 2. The van der Waals surface area contributed by atoms with Gasteiger partial charge in [-0.1, -0.05) is 18.2 Å². The molecule has 4 aromatic heterocycles. The second-order valence-corrected chi connectivity index (χ2v) is 12.2. The highest BCUT2D eigenvalue weighted by Crippen LogP contribution is 2.40.